The smallest absolute Gasteiger partial charge is 0.317 e. The van der Waals surface area contributed by atoms with Crippen LogP contribution in [-0.4, -0.2) is 16.9 Å². The van der Waals surface area contributed by atoms with Crippen LogP contribution in [0.4, 0.5) is 0 Å². The van der Waals surface area contributed by atoms with Gasteiger partial charge < -0.3 is 8.92 Å². The monoisotopic (exact) mass is 333 g/mol. The molecule has 0 aliphatic rings. The van der Waals surface area contributed by atoms with Crippen LogP contribution in [0.25, 0.3) is 0 Å². The zero-order valence-corrected chi connectivity index (χ0v) is 14.4. The number of nitrogens with zero attached hydrogens (tertiary/aromatic N) is 1. The molecule has 0 spiro atoms. The van der Waals surface area contributed by atoms with Gasteiger partial charge in [-0.1, -0.05) is 0 Å². The average Bonchev–Trinajstić information content (AvgIpc) is 2.42. The molecule has 19 heavy (non-hydrogen) atoms. The van der Waals surface area contributed by atoms with E-state index >= 15 is 0 Å². The number of unbranched alkanes of at least 4 members (excludes halogenated alkanes) is 1. The van der Waals surface area contributed by atoms with E-state index in [1.807, 2.05) is 0 Å². The summed E-state index contributed by atoms with van der Waals surface area (Å²) in [7, 11) is 0. The predicted octanol–water partition coefficient (Wildman–Crippen LogP) is 2.07. The molecule has 0 saturated carbocycles. The second kappa shape index (κ2) is 10.9. The van der Waals surface area contributed by atoms with E-state index in [0.717, 1.165) is 5.56 Å². The molecule has 0 aliphatic heterocycles. The number of hydrogen-bond acceptors (Lipinski definition) is 6. The maximum absolute atomic E-state index is 11.4. The average molecular weight is 335 g/mol. The van der Waals surface area contributed by atoms with Crippen molar-refractivity contribution in [3.63, 3.8) is 0 Å². The van der Waals surface area contributed by atoms with Crippen molar-refractivity contribution in [1.29, 1.82) is 0 Å². The molecule has 7 heteroatoms. The number of pyridine rings is 1. The molecular formula is C12H15NO4SZn. The van der Waals surface area contributed by atoms with Gasteiger partial charge in [0.05, 0.1) is 0 Å². The maximum Gasteiger partial charge on any atom is 0.317 e. The molecule has 1 aromatic rings. The minimum Gasteiger partial charge on any atom is -0.461 e. The Kier molecular flexibility index (Phi) is 10.4. The third-order valence-electron chi connectivity index (χ3n) is 2.26. The van der Waals surface area contributed by atoms with Gasteiger partial charge in [-0.3, -0.25) is 14.6 Å². The van der Waals surface area contributed by atoms with E-state index in [1.54, 1.807) is 24.5 Å². The number of rotatable bonds is 7. The fourth-order valence-corrected chi connectivity index (χ4v) is 1.39. The first-order valence-corrected chi connectivity index (χ1v) is 5.97. The van der Waals surface area contributed by atoms with Gasteiger partial charge >= 0.3 is 11.9 Å². The Bertz CT molecular complexity index is 389. The normalized spacial score (nSPS) is 9.32. The van der Waals surface area contributed by atoms with Crippen molar-refractivity contribution < 1.29 is 38.0 Å². The number of ether oxygens (including phenoxy) is 1. The molecule has 0 fully saturated rings. The fourth-order valence-electron chi connectivity index (χ4n) is 1.30. The molecule has 0 aliphatic carbocycles. The van der Waals surface area contributed by atoms with E-state index in [0.29, 0.717) is 19.3 Å². The van der Waals surface area contributed by atoms with Gasteiger partial charge in [-0.15, -0.1) is 0 Å². The van der Waals surface area contributed by atoms with Crippen LogP contribution in [0.2, 0.25) is 0 Å². The molecular weight excluding hydrogens is 320 g/mol. The SMILES string of the molecule is O=C(CCCCC(=O)OCc1ccncc1)OS.[Zn]. The van der Waals surface area contributed by atoms with Gasteiger partial charge in [0.15, 0.2) is 0 Å². The molecule has 0 unspecified atom stereocenters. The van der Waals surface area contributed by atoms with Gasteiger partial charge in [-0.2, -0.15) is 0 Å². The number of thiol groups is 1. The number of hydrogen-bond donors (Lipinski definition) is 1. The van der Waals surface area contributed by atoms with E-state index < -0.39 is 0 Å². The first kappa shape index (κ1) is 18.1. The van der Waals surface area contributed by atoms with Crippen molar-refractivity contribution in [2.24, 2.45) is 0 Å². The van der Waals surface area contributed by atoms with Crippen molar-refractivity contribution in [3.8, 4) is 0 Å². The number of aromatic nitrogens is 1. The summed E-state index contributed by atoms with van der Waals surface area (Å²) >= 11 is 3.39. The Morgan fingerprint density at radius 2 is 1.68 bits per heavy atom. The Labute approximate surface area is 130 Å². The van der Waals surface area contributed by atoms with Gasteiger partial charge in [0.25, 0.3) is 0 Å². The van der Waals surface area contributed by atoms with Crippen LogP contribution in [0, 0.1) is 0 Å². The summed E-state index contributed by atoms with van der Waals surface area (Å²) in [4.78, 5) is 26.0. The van der Waals surface area contributed by atoms with Crippen LogP contribution >= 0.6 is 12.9 Å². The van der Waals surface area contributed by atoms with Crippen LogP contribution in [-0.2, 0) is 44.6 Å². The second-order valence-electron chi connectivity index (χ2n) is 3.69. The van der Waals surface area contributed by atoms with E-state index in [-0.39, 0.29) is 44.4 Å². The molecule has 1 heterocycles. The van der Waals surface area contributed by atoms with Crippen LogP contribution in [0.5, 0.6) is 0 Å². The zero-order chi connectivity index (χ0) is 13.2. The van der Waals surface area contributed by atoms with Gasteiger partial charge in [-0.05, 0) is 30.5 Å². The predicted molar refractivity (Wildman–Crippen MR) is 67.6 cm³/mol. The molecule has 0 bridgehead atoms. The van der Waals surface area contributed by atoms with Gasteiger partial charge in [-0.25, -0.2) is 0 Å². The maximum atomic E-state index is 11.4. The first-order valence-electron chi connectivity index (χ1n) is 5.61. The second-order valence-corrected chi connectivity index (χ2v) is 3.87. The van der Waals surface area contributed by atoms with Crippen LogP contribution in [0.1, 0.15) is 31.2 Å². The molecule has 0 amide bonds. The molecule has 1 rings (SSSR count). The Morgan fingerprint density at radius 3 is 2.26 bits per heavy atom. The Balaban J connectivity index is 0.00000324. The number of carbonyl (C=O) groups excluding carboxylic acids is 2. The summed E-state index contributed by atoms with van der Waals surface area (Å²) in [5.74, 6) is -0.658. The van der Waals surface area contributed by atoms with Gasteiger partial charge in [0.1, 0.15) is 6.61 Å². The first-order chi connectivity index (χ1) is 8.72. The van der Waals surface area contributed by atoms with Gasteiger partial charge in [0, 0.05) is 57.6 Å². The minimum absolute atomic E-state index is 0. The summed E-state index contributed by atoms with van der Waals surface area (Å²) in [6, 6.07) is 3.58. The third kappa shape index (κ3) is 8.73. The Hall–Kier alpha value is -0.937. The van der Waals surface area contributed by atoms with Crippen LogP contribution < -0.4 is 0 Å². The van der Waals surface area contributed by atoms with Crippen molar-refractivity contribution in [1.82, 2.24) is 4.98 Å². The molecule has 0 atom stereocenters. The molecule has 100 valence electrons. The topological polar surface area (TPSA) is 65.5 Å². The number of esters is 1. The van der Waals surface area contributed by atoms with Crippen LogP contribution in [0.15, 0.2) is 24.5 Å². The quantitative estimate of drug-likeness (QED) is 0.272. The standard InChI is InChI=1S/C12H15NO4S.Zn/c14-11(3-1-2-4-12(15)17-18)16-9-10-5-7-13-8-6-10;/h5-8,18H,1-4,9H2;. The van der Waals surface area contributed by atoms with E-state index in [4.69, 9.17) is 4.74 Å². The van der Waals surface area contributed by atoms with Crippen molar-refractivity contribution >= 4 is 24.8 Å². The largest absolute Gasteiger partial charge is 0.461 e. The summed E-state index contributed by atoms with van der Waals surface area (Å²) < 4.78 is 9.26. The summed E-state index contributed by atoms with van der Waals surface area (Å²) in [6.45, 7) is 0.250. The van der Waals surface area contributed by atoms with Crippen molar-refractivity contribution in [2.45, 2.75) is 32.3 Å². The molecule has 0 N–H and O–H groups in total. The van der Waals surface area contributed by atoms with Crippen LogP contribution in [0.3, 0.4) is 0 Å². The van der Waals surface area contributed by atoms with Crippen molar-refractivity contribution in [3.05, 3.63) is 30.1 Å². The fraction of sp³-hybridized carbons (Fsp3) is 0.417. The van der Waals surface area contributed by atoms with E-state index in [9.17, 15) is 9.59 Å². The van der Waals surface area contributed by atoms with Gasteiger partial charge in [0.2, 0.25) is 0 Å². The molecule has 0 aromatic carbocycles. The summed E-state index contributed by atoms with van der Waals surface area (Å²) in [6.07, 6.45) is 5.03. The molecule has 1 aromatic heterocycles. The molecule has 0 saturated heterocycles. The van der Waals surface area contributed by atoms with E-state index in [2.05, 4.69) is 22.1 Å². The van der Waals surface area contributed by atoms with Crippen molar-refractivity contribution in [2.75, 3.05) is 0 Å². The zero-order valence-electron chi connectivity index (χ0n) is 10.6. The minimum atomic E-state index is -0.386. The number of carbonyl (C=O) groups is 2. The molecule has 0 radical (unpaired) electrons. The summed E-state index contributed by atoms with van der Waals surface area (Å²) in [5.41, 5.74) is 0.900. The third-order valence-corrected chi connectivity index (χ3v) is 2.47. The summed E-state index contributed by atoms with van der Waals surface area (Å²) in [5, 5.41) is 0. The van der Waals surface area contributed by atoms with E-state index in [1.165, 1.54) is 0 Å². The Morgan fingerprint density at radius 1 is 1.11 bits per heavy atom. The molecule has 5 nitrogen and oxygen atoms in total.